The Balaban J connectivity index is 1.37. The van der Waals surface area contributed by atoms with Crippen LogP contribution in [0.2, 0.25) is 0 Å². The third kappa shape index (κ3) is 4.10. The fourth-order valence-corrected chi connectivity index (χ4v) is 5.04. The molecule has 2 unspecified atom stereocenters. The second kappa shape index (κ2) is 8.80. The van der Waals surface area contributed by atoms with Gasteiger partial charge in [-0.25, -0.2) is 4.79 Å². The van der Waals surface area contributed by atoms with Crippen molar-refractivity contribution in [3.05, 3.63) is 39.2 Å². The minimum Gasteiger partial charge on any atom is -0.483 e. The average Bonchev–Trinajstić information content (AvgIpc) is 2.76. The normalized spacial score (nSPS) is 22.0. The molecular weight excluding hydrogens is 380 g/mol. The van der Waals surface area contributed by atoms with Gasteiger partial charge in [0, 0.05) is 29.1 Å². The molecule has 1 N–H and O–H groups in total. The first kappa shape index (κ1) is 20.9. The van der Waals surface area contributed by atoms with Crippen LogP contribution in [0.1, 0.15) is 48.8 Å². The Kier molecular flexibility index (Phi) is 6.14. The SMILES string of the molecule is Cc1c(C)c2ccc(OCC(=O)NCC3CCCN4CCCCC34)c(C)c2oc1=O. The van der Waals surface area contributed by atoms with Gasteiger partial charge in [0.2, 0.25) is 0 Å². The van der Waals surface area contributed by atoms with E-state index in [1.54, 1.807) is 6.92 Å². The van der Waals surface area contributed by atoms with E-state index in [-0.39, 0.29) is 18.1 Å². The lowest BCUT2D eigenvalue weighted by Crippen LogP contribution is -2.51. The standard InChI is InChI=1S/C24H32N2O4/c1-15-16(2)24(28)30-23-17(3)21(10-9-19(15)23)29-14-22(27)25-13-18-7-6-12-26-11-5-4-8-20(18)26/h9-10,18,20H,4-8,11-14H2,1-3H3,(H,25,27). The molecule has 1 aromatic carbocycles. The molecule has 2 aliphatic rings. The summed E-state index contributed by atoms with van der Waals surface area (Å²) in [5, 5.41) is 3.97. The Bertz CT molecular complexity index is 995. The quantitative estimate of drug-likeness (QED) is 0.762. The molecule has 162 valence electrons. The van der Waals surface area contributed by atoms with E-state index >= 15 is 0 Å². The predicted octanol–water partition coefficient (Wildman–Crippen LogP) is 3.48. The van der Waals surface area contributed by atoms with E-state index < -0.39 is 0 Å². The Morgan fingerprint density at radius 3 is 2.73 bits per heavy atom. The first-order valence-electron chi connectivity index (χ1n) is 11.1. The number of aryl methyl sites for hydroxylation is 2. The van der Waals surface area contributed by atoms with Crippen molar-refractivity contribution in [3.8, 4) is 5.75 Å². The topological polar surface area (TPSA) is 71.8 Å². The number of carbonyl (C=O) groups is 1. The zero-order valence-electron chi connectivity index (χ0n) is 18.3. The molecule has 2 aliphatic heterocycles. The fraction of sp³-hybridized carbons (Fsp3) is 0.583. The number of fused-ring (bicyclic) bond motifs is 2. The molecule has 6 heteroatoms. The molecule has 2 saturated heterocycles. The van der Waals surface area contributed by atoms with Gasteiger partial charge in [0.25, 0.3) is 5.91 Å². The van der Waals surface area contributed by atoms with Crippen LogP contribution in [0.5, 0.6) is 5.75 Å². The first-order valence-corrected chi connectivity index (χ1v) is 11.1. The number of hydrogen-bond acceptors (Lipinski definition) is 5. The fourth-order valence-electron chi connectivity index (χ4n) is 5.04. The lowest BCUT2D eigenvalue weighted by molar-refractivity contribution is -0.123. The van der Waals surface area contributed by atoms with Crippen LogP contribution in [0, 0.1) is 26.7 Å². The van der Waals surface area contributed by atoms with Gasteiger partial charge < -0.3 is 19.4 Å². The second-order valence-electron chi connectivity index (χ2n) is 8.80. The summed E-state index contributed by atoms with van der Waals surface area (Å²) >= 11 is 0. The van der Waals surface area contributed by atoms with Crippen LogP contribution in [0.25, 0.3) is 11.0 Å². The number of rotatable bonds is 5. The molecule has 2 aromatic rings. The van der Waals surface area contributed by atoms with Crippen molar-refractivity contribution in [1.29, 1.82) is 0 Å². The summed E-state index contributed by atoms with van der Waals surface area (Å²) in [7, 11) is 0. The third-order valence-corrected chi connectivity index (χ3v) is 6.97. The molecule has 0 bridgehead atoms. The second-order valence-corrected chi connectivity index (χ2v) is 8.80. The highest BCUT2D eigenvalue weighted by Gasteiger charge is 2.32. The average molecular weight is 413 g/mol. The number of benzene rings is 1. The highest BCUT2D eigenvalue weighted by Crippen LogP contribution is 2.31. The van der Waals surface area contributed by atoms with E-state index in [0.717, 1.165) is 16.5 Å². The molecule has 4 rings (SSSR count). The lowest BCUT2D eigenvalue weighted by atomic mass is 9.83. The molecule has 2 atom stereocenters. The summed E-state index contributed by atoms with van der Waals surface area (Å²) in [6, 6.07) is 4.35. The minimum absolute atomic E-state index is 0.0392. The van der Waals surface area contributed by atoms with Crippen LogP contribution in [0.3, 0.4) is 0 Å². The van der Waals surface area contributed by atoms with Crippen LogP contribution in [-0.4, -0.2) is 43.1 Å². The molecule has 6 nitrogen and oxygen atoms in total. The highest BCUT2D eigenvalue weighted by molar-refractivity contribution is 5.85. The van der Waals surface area contributed by atoms with Gasteiger partial charge in [-0.1, -0.05) is 6.42 Å². The van der Waals surface area contributed by atoms with Gasteiger partial charge in [0.05, 0.1) is 0 Å². The maximum absolute atomic E-state index is 12.4. The van der Waals surface area contributed by atoms with Crippen molar-refractivity contribution in [3.63, 3.8) is 0 Å². The minimum atomic E-state index is -0.331. The Hall–Kier alpha value is -2.34. The Labute approximate surface area is 177 Å². The number of nitrogens with zero attached hydrogens (tertiary/aromatic N) is 1. The van der Waals surface area contributed by atoms with Gasteiger partial charge >= 0.3 is 5.63 Å². The number of carbonyl (C=O) groups excluding carboxylic acids is 1. The van der Waals surface area contributed by atoms with Crippen molar-refractivity contribution in [2.45, 2.75) is 58.9 Å². The Morgan fingerprint density at radius 1 is 1.10 bits per heavy atom. The van der Waals surface area contributed by atoms with Crippen molar-refractivity contribution in [1.82, 2.24) is 10.2 Å². The molecule has 0 spiro atoms. The largest absolute Gasteiger partial charge is 0.483 e. The lowest BCUT2D eigenvalue weighted by Gasteiger charge is -2.44. The number of hydrogen-bond donors (Lipinski definition) is 1. The highest BCUT2D eigenvalue weighted by atomic mass is 16.5. The first-order chi connectivity index (χ1) is 14.5. The summed E-state index contributed by atoms with van der Waals surface area (Å²) in [6.45, 7) is 8.62. The molecule has 30 heavy (non-hydrogen) atoms. The summed E-state index contributed by atoms with van der Waals surface area (Å²) in [4.78, 5) is 27.1. The molecule has 1 amide bonds. The number of ether oxygens (including phenoxy) is 1. The third-order valence-electron chi connectivity index (χ3n) is 6.97. The maximum Gasteiger partial charge on any atom is 0.339 e. The number of piperidine rings is 2. The number of amides is 1. The predicted molar refractivity (Wildman–Crippen MR) is 117 cm³/mol. The summed E-state index contributed by atoms with van der Waals surface area (Å²) in [6.07, 6.45) is 6.24. The number of nitrogens with one attached hydrogen (secondary N) is 1. The molecule has 2 fully saturated rings. The van der Waals surface area contributed by atoms with Gasteiger partial charge in [-0.2, -0.15) is 0 Å². The van der Waals surface area contributed by atoms with E-state index in [4.69, 9.17) is 9.15 Å². The molecule has 0 radical (unpaired) electrons. The maximum atomic E-state index is 12.4. The molecule has 1 aromatic heterocycles. The van der Waals surface area contributed by atoms with Gasteiger partial charge in [0.1, 0.15) is 11.3 Å². The van der Waals surface area contributed by atoms with E-state index in [0.29, 0.717) is 35.4 Å². The summed E-state index contributed by atoms with van der Waals surface area (Å²) in [5.41, 5.74) is 2.47. The van der Waals surface area contributed by atoms with E-state index in [1.807, 2.05) is 26.0 Å². The van der Waals surface area contributed by atoms with Gasteiger partial charge in [-0.05, 0) is 83.2 Å². The van der Waals surface area contributed by atoms with Gasteiger partial charge in [-0.15, -0.1) is 0 Å². The Morgan fingerprint density at radius 2 is 1.90 bits per heavy atom. The molecule has 3 heterocycles. The van der Waals surface area contributed by atoms with Crippen LogP contribution >= 0.6 is 0 Å². The van der Waals surface area contributed by atoms with Crippen molar-refractivity contribution in [2.24, 2.45) is 5.92 Å². The molecule has 0 aliphatic carbocycles. The van der Waals surface area contributed by atoms with E-state index in [1.165, 1.54) is 45.2 Å². The van der Waals surface area contributed by atoms with Gasteiger partial charge in [-0.3, -0.25) is 4.79 Å². The van der Waals surface area contributed by atoms with E-state index in [9.17, 15) is 9.59 Å². The monoisotopic (exact) mass is 412 g/mol. The van der Waals surface area contributed by atoms with Crippen molar-refractivity contribution in [2.75, 3.05) is 26.2 Å². The van der Waals surface area contributed by atoms with Crippen LogP contribution < -0.4 is 15.7 Å². The molecule has 0 saturated carbocycles. The van der Waals surface area contributed by atoms with Crippen LogP contribution in [-0.2, 0) is 4.79 Å². The van der Waals surface area contributed by atoms with Crippen LogP contribution in [0.4, 0.5) is 0 Å². The van der Waals surface area contributed by atoms with Crippen molar-refractivity contribution < 1.29 is 13.9 Å². The smallest absolute Gasteiger partial charge is 0.339 e. The van der Waals surface area contributed by atoms with Crippen molar-refractivity contribution >= 4 is 16.9 Å². The van der Waals surface area contributed by atoms with E-state index in [2.05, 4.69) is 10.2 Å². The van der Waals surface area contributed by atoms with Gasteiger partial charge in [0.15, 0.2) is 6.61 Å². The zero-order valence-corrected chi connectivity index (χ0v) is 18.3. The summed E-state index contributed by atoms with van der Waals surface area (Å²) in [5.74, 6) is 0.995. The van der Waals surface area contributed by atoms with Crippen LogP contribution in [0.15, 0.2) is 21.3 Å². The summed E-state index contributed by atoms with van der Waals surface area (Å²) < 4.78 is 11.3. The zero-order chi connectivity index (χ0) is 21.3. The molecular formula is C24H32N2O4.